The summed E-state index contributed by atoms with van der Waals surface area (Å²) in [6.45, 7) is 5.56. The van der Waals surface area contributed by atoms with Crippen molar-refractivity contribution in [3.8, 4) is 11.4 Å². The van der Waals surface area contributed by atoms with Crippen LogP contribution in [0.3, 0.4) is 0 Å². The molecule has 1 aromatic heterocycles. The number of carbonyl (C=O) groups is 1. The van der Waals surface area contributed by atoms with E-state index in [1.54, 1.807) is 6.92 Å². The molecular weight excluding hydrogens is 352 g/mol. The van der Waals surface area contributed by atoms with Gasteiger partial charge >= 0.3 is 5.97 Å². The summed E-state index contributed by atoms with van der Waals surface area (Å²) in [6.07, 6.45) is 0. The number of ether oxygens (including phenoxy) is 1. The molecule has 0 saturated heterocycles. The standard InChI is InChI=1S/C22H22N4O2/c1-3-28-22(27)18-19(24-17-11-9-15(2)10-12-17)25-20(16-7-5-4-6-8-16)26-14-13-23-21(18)26/h4-12,23H,3,13-14H2,1-2H3. The number of hydrogen-bond donors (Lipinski definition) is 1. The molecule has 0 atom stereocenters. The van der Waals surface area contributed by atoms with Crippen molar-refractivity contribution in [3.05, 3.63) is 71.2 Å². The molecule has 1 aliphatic rings. The third-order valence-corrected chi connectivity index (χ3v) is 4.61. The molecule has 2 aromatic carbocycles. The second kappa shape index (κ2) is 7.68. The minimum absolute atomic E-state index is 0.294. The van der Waals surface area contributed by atoms with Gasteiger partial charge in [-0.3, -0.25) is 0 Å². The lowest BCUT2D eigenvalue weighted by molar-refractivity contribution is 0.0524. The monoisotopic (exact) mass is 374 g/mol. The number of carbonyl (C=O) groups excluding carboxylic acids is 1. The third-order valence-electron chi connectivity index (χ3n) is 4.61. The van der Waals surface area contributed by atoms with Crippen LogP contribution in [0.25, 0.3) is 11.4 Å². The van der Waals surface area contributed by atoms with Gasteiger partial charge in [-0.05, 0) is 26.0 Å². The van der Waals surface area contributed by atoms with Gasteiger partial charge in [0.15, 0.2) is 5.49 Å². The molecule has 1 N–H and O–H groups in total. The molecular formula is C22H22N4O2. The molecule has 0 bridgehead atoms. The summed E-state index contributed by atoms with van der Waals surface area (Å²) < 4.78 is 7.33. The summed E-state index contributed by atoms with van der Waals surface area (Å²) in [5, 5.41) is 3.32. The highest BCUT2D eigenvalue weighted by atomic mass is 16.5. The van der Waals surface area contributed by atoms with Gasteiger partial charge in [0.25, 0.3) is 0 Å². The fourth-order valence-electron chi connectivity index (χ4n) is 3.27. The average molecular weight is 374 g/mol. The first-order valence-corrected chi connectivity index (χ1v) is 9.40. The average Bonchev–Trinajstić information content (AvgIpc) is 3.19. The van der Waals surface area contributed by atoms with E-state index in [4.69, 9.17) is 9.72 Å². The fraction of sp³-hybridized carbons (Fsp3) is 0.227. The predicted octanol–water partition coefficient (Wildman–Crippen LogP) is 3.69. The summed E-state index contributed by atoms with van der Waals surface area (Å²) in [5.41, 5.74) is 3.60. The number of nitrogens with zero attached hydrogens (tertiary/aromatic N) is 3. The Morgan fingerprint density at radius 2 is 1.93 bits per heavy atom. The first-order chi connectivity index (χ1) is 13.7. The van der Waals surface area contributed by atoms with Gasteiger partial charge in [-0.15, -0.1) is 0 Å². The van der Waals surface area contributed by atoms with Gasteiger partial charge in [0.2, 0.25) is 0 Å². The second-order valence-electron chi connectivity index (χ2n) is 6.59. The third kappa shape index (κ3) is 3.41. The number of fused-ring (bicyclic) bond motifs is 1. The van der Waals surface area contributed by atoms with Gasteiger partial charge in [-0.2, -0.15) is 0 Å². The number of benzene rings is 2. The predicted molar refractivity (Wildman–Crippen MR) is 109 cm³/mol. The molecule has 28 heavy (non-hydrogen) atoms. The van der Waals surface area contributed by atoms with Crippen LogP contribution in [0.15, 0.2) is 59.6 Å². The molecule has 0 amide bonds. The highest BCUT2D eigenvalue weighted by molar-refractivity contribution is 5.95. The van der Waals surface area contributed by atoms with E-state index in [0.29, 0.717) is 23.5 Å². The van der Waals surface area contributed by atoms with Crippen molar-refractivity contribution in [1.29, 1.82) is 0 Å². The normalized spacial score (nSPS) is 13.1. The van der Waals surface area contributed by atoms with E-state index in [1.165, 1.54) is 0 Å². The van der Waals surface area contributed by atoms with E-state index in [-0.39, 0.29) is 0 Å². The maximum Gasteiger partial charge on any atom is 0.345 e. The lowest BCUT2D eigenvalue weighted by Crippen LogP contribution is -2.26. The van der Waals surface area contributed by atoms with Gasteiger partial charge in [-0.25, -0.2) is 14.8 Å². The molecule has 142 valence electrons. The number of esters is 1. The Balaban J connectivity index is 1.99. The lowest BCUT2D eigenvalue weighted by atomic mass is 10.2. The topological polar surface area (TPSA) is 68.5 Å². The number of hydrogen-bond acceptors (Lipinski definition) is 5. The summed E-state index contributed by atoms with van der Waals surface area (Å²) in [4.78, 5) is 22.2. The molecule has 6 nitrogen and oxygen atoms in total. The Hall–Kier alpha value is -3.41. The van der Waals surface area contributed by atoms with Gasteiger partial charge in [0.05, 0.1) is 12.3 Å². The van der Waals surface area contributed by atoms with Crippen LogP contribution in [-0.4, -0.2) is 28.7 Å². The largest absolute Gasteiger partial charge is 0.462 e. The Kier molecular flexibility index (Phi) is 4.93. The Morgan fingerprint density at radius 1 is 1.18 bits per heavy atom. The number of nitrogens with one attached hydrogen (secondary N) is 1. The highest BCUT2D eigenvalue weighted by Crippen LogP contribution is 2.26. The zero-order valence-electron chi connectivity index (χ0n) is 16.0. The first kappa shape index (κ1) is 18.0. The van der Waals surface area contributed by atoms with Crippen molar-refractivity contribution in [3.63, 3.8) is 0 Å². The van der Waals surface area contributed by atoms with Crippen molar-refractivity contribution in [2.45, 2.75) is 20.4 Å². The van der Waals surface area contributed by atoms with Gasteiger partial charge in [0, 0.05) is 18.7 Å². The van der Waals surface area contributed by atoms with E-state index in [2.05, 4.69) is 10.3 Å². The number of anilines is 1. The minimum Gasteiger partial charge on any atom is -0.462 e. The van der Waals surface area contributed by atoms with Crippen LogP contribution >= 0.6 is 0 Å². The van der Waals surface area contributed by atoms with Gasteiger partial charge < -0.3 is 14.6 Å². The summed E-state index contributed by atoms with van der Waals surface area (Å²) in [7, 11) is 0. The van der Waals surface area contributed by atoms with Crippen LogP contribution in [0.1, 0.15) is 22.8 Å². The molecule has 0 radical (unpaired) electrons. The van der Waals surface area contributed by atoms with E-state index >= 15 is 0 Å². The van der Waals surface area contributed by atoms with E-state index in [9.17, 15) is 4.79 Å². The summed E-state index contributed by atoms with van der Waals surface area (Å²) >= 11 is 0. The SMILES string of the molecule is CCOC(=O)c1c2n(c(-c3ccccc3)nc1=Nc1ccc(C)cc1)CCN2. The molecule has 2 heterocycles. The quantitative estimate of drug-likeness (QED) is 0.707. The van der Waals surface area contributed by atoms with Gasteiger partial charge in [-0.1, -0.05) is 48.0 Å². The van der Waals surface area contributed by atoms with Gasteiger partial charge in [0.1, 0.15) is 17.2 Å². The highest BCUT2D eigenvalue weighted by Gasteiger charge is 2.26. The van der Waals surface area contributed by atoms with Crippen molar-refractivity contribution >= 4 is 17.5 Å². The van der Waals surface area contributed by atoms with Crippen LogP contribution in [-0.2, 0) is 11.3 Å². The Labute approximate surface area is 163 Å². The van der Waals surface area contributed by atoms with Crippen molar-refractivity contribution in [2.24, 2.45) is 4.99 Å². The molecule has 4 rings (SSSR count). The number of aryl methyl sites for hydroxylation is 1. The summed E-state index contributed by atoms with van der Waals surface area (Å²) in [5.74, 6) is 1.07. The maximum atomic E-state index is 12.7. The van der Waals surface area contributed by atoms with Crippen molar-refractivity contribution in [2.75, 3.05) is 18.5 Å². The molecule has 3 aromatic rings. The number of aromatic nitrogens is 2. The summed E-state index contributed by atoms with van der Waals surface area (Å²) in [6, 6.07) is 17.7. The molecule has 0 fully saturated rings. The second-order valence-corrected chi connectivity index (χ2v) is 6.59. The van der Waals surface area contributed by atoms with Crippen LogP contribution in [0.4, 0.5) is 11.5 Å². The Bertz CT molecular complexity index is 1070. The van der Waals surface area contributed by atoms with Crippen molar-refractivity contribution < 1.29 is 9.53 Å². The van der Waals surface area contributed by atoms with Crippen LogP contribution in [0, 0.1) is 6.92 Å². The van der Waals surface area contributed by atoms with Crippen LogP contribution in [0.5, 0.6) is 0 Å². The molecule has 6 heteroatoms. The molecule has 0 aliphatic carbocycles. The zero-order chi connectivity index (χ0) is 19.5. The molecule has 0 spiro atoms. The lowest BCUT2D eigenvalue weighted by Gasteiger charge is -2.14. The molecule has 0 unspecified atom stereocenters. The first-order valence-electron chi connectivity index (χ1n) is 9.40. The van der Waals surface area contributed by atoms with E-state index in [1.807, 2.05) is 66.1 Å². The van der Waals surface area contributed by atoms with Crippen LogP contribution < -0.4 is 10.8 Å². The van der Waals surface area contributed by atoms with Crippen molar-refractivity contribution in [1.82, 2.24) is 9.55 Å². The number of rotatable bonds is 4. The maximum absolute atomic E-state index is 12.7. The Morgan fingerprint density at radius 3 is 2.64 bits per heavy atom. The fourth-order valence-corrected chi connectivity index (χ4v) is 3.27. The molecule has 0 saturated carbocycles. The smallest absolute Gasteiger partial charge is 0.345 e. The van der Waals surface area contributed by atoms with E-state index < -0.39 is 5.97 Å². The van der Waals surface area contributed by atoms with E-state index in [0.717, 1.165) is 35.7 Å². The minimum atomic E-state index is -0.418. The van der Waals surface area contributed by atoms with Crippen LogP contribution in [0.2, 0.25) is 0 Å². The molecule has 1 aliphatic heterocycles. The zero-order valence-corrected chi connectivity index (χ0v) is 16.0.